The van der Waals surface area contributed by atoms with E-state index in [0.717, 1.165) is 6.07 Å². The van der Waals surface area contributed by atoms with Crippen molar-refractivity contribution in [1.82, 2.24) is 4.98 Å². The van der Waals surface area contributed by atoms with Gasteiger partial charge in [-0.1, -0.05) is 24.3 Å². The molecule has 0 saturated carbocycles. The Hall–Kier alpha value is -2.62. The third-order valence-electron chi connectivity index (χ3n) is 3.40. The van der Waals surface area contributed by atoms with E-state index in [-0.39, 0.29) is 11.1 Å². The van der Waals surface area contributed by atoms with Crippen molar-refractivity contribution >= 4 is 16.7 Å². The van der Waals surface area contributed by atoms with Gasteiger partial charge < -0.3 is 0 Å². The van der Waals surface area contributed by atoms with Crippen LogP contribution in [0.25, 0.3) is 10.9 Å². The molecule has 0 aliphatic rings. The first-order valence-electron chi connectivity index (χ1n) is 6.42. The zero-order valence-corrected chi connectivity index (χ0v) is 11.2. The Morgan fingerprint density at radius 2 is 1.81 bits per heavy atom. The van der Waals surface area contributed by atoms with Crippen LogP contribution in [0.3, 0.4) is 0 Å². The maximum atomic E-state index is 14.1. The van der Waals surface area contributed by atoms with Gasteiger partial charge in [0.25, 0.3) is 0 Å². The molecule has 1 heterocycles. The minimum Gasteiger partial charge on any atom is -0.288 e. The Morgan fingerprint density at radius 3 is 2.62 bits per heavy atom. The maximum Gasteiger partial charge on any atom is 0.199 e. The van der Waals surface area contributed by atoms with Gasteiger partial charge in [0.15, 0.2) is 5.78 Å². The van der Waals surface area contributed by atoms with Crippen LogP contribution in [0.1, 0.15) is 21.5 Å². The number of hydrogen-bond donors (Lipinski definition) is 0. The molecule has 0 saturated heterocycles. The summed E-state index contributed by atoms with van der Waals surface area (Å²) in [4.78, 5) is 16.7. The number of benzene rings is 2. The number of fused-ring (bicyclic) bond motifs is 1. The number of carbonyl (C=O) groups is 1. The topological polar surface area (TPSA) is 30.0 Å². The number of hydrogen-bond acceptors (Lipinski definition) is 2. The molecular weight excluding hydrogens is 272 g/mol. The van der Waals surface area contributed by atoms with E-state index in [0.29, 0.717) is 10.9 Å². The lowest BCUT2D eigenvalue weighted by molar-refractivity contribution is 0.103. The summed E-state index contributed by atoms with van der Waals surface area (Å²) in [6, 6.07) is 10.9. The van der Waals surface area contributed by atoms with Gasteiger partial charge in [-0.25, -0.2) is 8.78 Å². The molecule has 21 heavy (non-hydrogen) atoms. The number of ketones is 1. The maximum absolute atomic E-state index is 14.1. The van der Waals surface area contributed by atoms with Crippen molar-refractivity contribution in [2.75, 3.05) is 0 Å². The second-order valence-electron chi connectivity index (χ2n) is 4.76. The summed E-state index contributed by atoms with van der Waals surface area (Å²) in [5.74, 6) is -2.35. The summed E-state index contributed by atoms with van der Waals surface area (Å²) in [6.07, 6.45) is 1.46. The smallest absolute Gasteiger partial charge is 0.199 e. The highest BCUT2D eigenvalue weighted by atomic mass is 19.1. The zero-order chi connectivity index (χ0) is 15.0. The Morgan fingerprint density at radius 1 is 1.05 bits per heavy atom. The van der Waals surface area contributed by atoms with Gasteiger partial charge in [-0.2, -0.15) is 0 Å². The molecule has 3 aromatic rings. The van der Waals surface area contributed by atoms with Crippen molar-refractivity contribution in [2.24, 2.45) is 0 Å². The first kappa shape index (κ1) is 13.4. The van der Waals surface area contributed by atoms with Crippen LogP contribution in [0, 0.1) is 18.6 Å². The summed E-state index contributed by atoms with van der Waals surface area (Å²) in [6.45, 7) is 1.50. The van der Waals surface area contributed by atoms with Crippen LogP contribution in [0.5, 0.6) is 0 Å². The molecule has 0 spiro atoms. The summed E-state index contributed by atoms with van der Waals surface area (Å²) in [7, 11) is 0. The first-order valence-corrected chi connectivity index (χ1v) is 6.42. The molecule has 0 amide bonds. The van der Waals surface area contributed by atoms with Crippen molar-refractivity contribution < 1.29 is 13.6 Å². The number of rotatable bonds is 2. The standard InChI is InChI=1S/C17H11F2NO/c1-10-6-7-13(18)15(16(10)19)17(21)12-8-9-20-14-5-3-2-4-11(12)14/h2-9H,1H3. The van der Waals surface area contributed by atoms with E-state index in [9.17, 15) is 13.6 Å². The Kier molecular flexibility index (Phi) is 3.22. The van der Waals surface area contributed by atoms with Crippen molar-refractivity contribution in [2.45, 2.75) is 6.92 Å². The molecule has 4 heteroatoms. The Balaban J connectivity index is 2.25. The summed E-state index contributed by atoms with van der Waals surface area (Å²) >= 11 is 0. The quantitative estimate of drug-likeness (QED) is 0.664. The highest BCUT2D eigenvalue weighted by Gasteiger charge is 2.22. The van der Waals surface area contributed by atoms with E-state index in [1.165, 1.54) is 25.3 Å². The summed E-state index contributed by atoms with van der Waals surface area (Å²) in [5.41, 5.74) is 0.560. The minimum atomic E-state index is -0.857. The second-order valence-corrected chi connectivity index (χ2v) is 4.76. The van der Waals surface area contributed by atoms with Crippen molar-refractivity contribution in [1.29, 1.82) is 0 Å². The SMILES string of the molecule is Cc1ccc(F)c(C(=O)c2ccnc3ccccc23)c1F. The van der Waals surface area contributed by atoms with E-state index in [2.05, 4.69) is 4.98 Å². The number of carbonyl (C=O) groups excluding carboxylic acids is 1. The van der Waals surface area contributed by atoms with E-state index >= 15 is 0 Å². The van der Waals surface area contributed by atoms with Gasteiger partial charge in [-0.15, -0.1) is 0 Å². The fraction of sp³-hybridized carbons (Fsp3) is 0.0588. The lowest BCUT2D eigenvalue weighted by Gasteiger charge is -2.08. The highest BCUT2D eigenvalue weighted by Crippen LogP contribution is 2.24. The third kappa shape index (κ3) is 2.18. The number of nitrogens with zero attached hydrogens (tertiary/aromatic N) is 1. The minimum absolute atomic E-state index is 0.234. The molecule has 0 unspecified atom stereocenters. The van der Waals surface area contributed by atoms with Crippen LogP contribution in [-0.2, 0) is 0 Å². The number of aromatic nitrogens is 1. The molecule has 3 rings (SSSR count). The average molecular weight is 283 g/mol. The number of pyridine rings is 1. The van der Waals surface area contributed by atoms with E-state index in [1.54, 1.807) is 24.3 Å². The van der Waals surface area contributed by atoms with Gasteiger partial charge in [0.05, 0.1) is 11.1 Å². The van der Waals surface area contributed by atoms with Crippen LogP contribution in [0.2, 0.25) is 0 Å². The molecule has 0 atom stereocenters. The van der Waals surface area contributed by atoms with Gasteiger partial charge in [-0.3, -0.25) is 9.78 Å². The average Bonchev–Trinajstić information content (AvgIpc) is 2.50. The Labute approximate surface area is 120 Å². The van der Waals surface area contributed by atoms with E-state index < -0.39 is 23.0 Å². The number of halogens is 2. The van der Waals surface area contributed by atoms with Gasteiger partial charge in [0, 0.05) is 17.1 Å². The second kappa shape index (κ2) is 5.05. The number of aryl methyl sites for hydroxylation is 1. The molecule has 0 aliphatic carbocycles. The molecular formula is C17H11F2NO. The zero-order valence-electron chi connectivity index (χ0n) is 11.2. The molecule has 2 aromatic carbocycles. The van der Waals surface area contributed by atoms with Gasteiger partial charge in [0.1, 0.15) is 11.6 Å². The van der Waals surface area contributed by atoms with Gasteiger partial charge >= 0.3 is 0 Å². The monoisotopic (exact) mass is 283 g/mol. The van der Waals surface area contributed by atoms with Gasteiger partial charge in [-0.05, 0) is 30.7 Å². The predicted octanol–water partition coefficient (Wildman–Crippen LogP) is 4.05. The van der Waals surface area contributed by atoms with Crippen LogP contribution in [-0.4, -0.2) is 10.8 Å². The van der Waals surface area contributed by atoms with Crippen LogP contribution < -0.4 is 0 Å². The van der Waals surface area contributed by atoms with E-state index in [4.69, 9.17) is 0 Å². The van der Waals surface area contributed by atoms with E-state index in [1.807, 2.05) is 0 Å². The fourth-order valence-corrected chi connectivity index (χ4v) is 2.29. The van der Waals surface area contributed by atoms with Crippen molar-refractivity contribution in [3.63, 3.8) is 0 Å². The molecule has 0 N–H and O–H groups in total. The van der Waals surface area contributed by atoms with Crippen LogP contribution >= 0.6 is 0 Å². The largest absolute Gasteiger partial charge is 0.288 e. The van der Waals surface area contributed by atoms with Crippen molar-refractivity contribution in [3.8, 4) is 0 Å². The summed E-state index contributed by atoms with van der Waals surface area (Å²) in [5, 5.41) is 0.574. The lowest BCUT2D eigenvalue weighted by atomic mass is 9.97. The third-order valence-corrected chi connectivity index (χ3v) is 3.40. The molecule has 1 aromatic heterocycles. The highest BCUT2D eigenvalue weighted by molar-refractivity contribution is 6.16. The van der Waals surface area contributed by atoms with Crippen LogP contribution in [0.15, 0.2) is 48.7 Å². The predicted molar refractivity (Wildman–Crippen MR) is 76.3 cm³/mol. The molecule has 0 bridgehead atoms. The molecule has 0 aliphatic heterocycles. The number of para-hydroxylation sites is 1. The van der Waals surface area contributed by atoms with Gasteiger partial charge in [0.2, 0.25) is 0 Å². The lowest BCUT2D eigenvalue weighted by Crippen LogP contribution is -2.09. The van der Waals surface area contributed by atoms with Crippen LogP contribution in [0.4, 0.5) is 8.78 Å². The molecule has 104 valence electrons. The normalized spacial score (nSPS) is 10.8. The Bertz CT molecular complexity index is 853. The molecule has 0 fully saturated rings. The summed E-state index contributed by atoms with van der Waals surface area (Å²) < 4.78 is 28.0. The molecule has 2 nitrogen and oxygen atoms in total. The van der Waals surface area contributed by atoms with Crippen molar-refractivity contribution in [3.05, 3.63) is 77.0 Å². The molecule has 0 radical (unpaired) electrons. The first-order chi connectivity index (χ1) is 10.1. The fourth-order valence-electron chi connectivity index (χ4n) is 2.29.